The van der Waals surface area contributed by atoms with Crippen molar-refractivity contribution < 1.29 is 23.2 Å². The predicted molar refractivity (Wildman–Crippen MR) is 82.0 cm³/mol. The van der Waals surface area contributed by atoms with Gasteiger partial charge in [0, 0.05) is 11.1 Å². The normalized spacial score (nSPS) is 20.8. The minimum Gasteiger partial charge on any atom is -0.443 e. The molecule has 1 heterocycles. The van der Waals surface area contributed by atoms with E-state index >= 15 is 0 Å². The molecule has 0 bridgehead atoms. The van der Waals surface area contributed by atoms with E-state index in [1.807, 2.05) is 0 Å². The molecule has 130 valence electrons. The van der Waals surface area contributed by atoms with Gasteiger partial charge in [-0.05, 0) is 38.5 Å². The van der Waals surface area contributed by atoms with Gasteiger partial charge in [-0.15, -0.1) is 0 Å². The van der Waals surface area contributed by atoms with Crippen molar-refractivity contribution in [2.75, 3.05) is 6.54 Å². The average Bonchev–Trinajstić information content (AvgIpc) is 2.47. The Morgan fingerprint density at radius 1 is 1.33 bits per heavy atom. The van der Waals surface area contributed by atoms with Gasteiger partial charge in [0.25, 0.3) is 0 Å². The molecule has 8 heteroatoms. The van der Waals surface area contributed by atoms with Crippen LogP contribution in [-0.2, 0) is 4.74 Å². The maximum Gasteiger partial charge on any atom is 0.414 e. The quantitative estimate of drug-likeness (QED) is 0.610. The van der Waals surface area contributed by atoms with Crippen LogP contribution in [0.15, 0.2) is 30.5 Å². The Balaban J connectivity index is 2.27. The zero-order valence-electron chi connectivity index (χ0n) is 13.5. The van der Waals surface area contributed by atoms with E-state index < -0.39 is 40.2 Å². The smallest absolute Gasteiger partial charge is 0.414 e. The van der Waals surface area contributed by atoms with Crippen LogP contribution in [0.25, 0.3) is 0 Å². The van der Waals surface area contributed by atoms with Crippen molar-refractivity contribution in [3.8, 4) is 0 Å². The van der Waals surface area contributed by atoms with E-state index in [9.17, 15) is 23.7 Å². The van der Waals surface area contributed by atoms with Crippen LogP contribution in [0.4, 0.5) is 13.6 Å². The lowest BCUT2D eigenvalue weighted by molar-refractivity contribution is -0.525. The van der Waals surface area contributed by atoms with E-state index in [1.54, 1.807) is 20.8 Å². The number of carbonyl (C=O) groups is 1. The van der Waals surface area contributed by atoms with Crippen LogP contribution < -0.4 is 0 Å². The van der Waals surface area contributed by atoms with Gasteiger partial charge in [-0.1, -0.05) is 12.1 Å². The molecule has 1 amide bonds. The van der Waals surface area contributed by atoms with Crippen molar-refractivity contribution in [3.05, 3.63) is 57.8 Å². The first-order valence-electron chi connectivity index (χ1n) is 7.35. The van der Waals surface area contributed by atoms with E-state index in [2.05, 4.69) is 0 Å². The molecule has 0 aliphatic carbocycles. The minimum absolute atomic E-state index is 0.220. The molecule has 0 radical (unpaired) electrons. The second-order valence-corrected chi connectivity index (χ2v) is 6.53. The average molecular weight is 340 g/mol. The number of benzene rings is 1. The van der Waals surface area contributed by atoms with E-state index in [1.165, 1.54) is 18.3 Å². The molecule has 2 rings (SSSR count). The van der Waals surface area contributed by atoms with Crippen molar-refractivity contribution in [2.24, 2.45) is 0 Å². The third kappa shape index (κ3) is 4.06. The summed E-state index contributed by atoms with van der Waals surface area (Å²) in [4.78, 5) is 24.0. The van der Waals surface area contributed by atoms with Gasteiger partial charge in [0.2, 0.25) is 6.04 Å². The highest BCUT2D eigenvalue weighted by Gasteiger charge is 2.38. The summed E-state index contributed by atoms with van der Waals surface area (Å²) in [5.41, 5.74) is -0.456. The molecule has 0 aromatic heterocycles. The van der Waals surface area contributed by atoms with Crippen molar-refractivity contribution in [1.29, 1.82) is 0 Å². The number of rotatable bonds is 2. The summed E-state index contributed by atoms with van der Waals surface area (Å²) in [7, 11) is 0. The Kier molecular flexibility index (Phi) is 4.86. The summed E-state index contributed by atoms with van der Waals surface area (Å²) in [6.07, 6.45) is 2.10. The van der Waals surface area contributed by atoms with Crippen molar-refractivity contribution >= 4 is 6.09 Å². The highest BCUT2D eigenvalue weighted by molar-refractivity contribution is 5.69. The third-order valence-electron chi connectivity index (χ3n) is 3.50. The van der Waals surface area contributed by atoms with Crippen molar-refractivity contribution in [1.82, 2.24) is 4.90 Å². The van der Waals surface area contributed by atoms with E-state index in [0.717, 1.165) is 17.0 Å². The van der Waals surface area contributed by atoms with E-state index in [0.29, 0.717) is 0 Å². The maximum absolute atomic E-state index is 13.4. The van der Waals surface area contributed by atoms with Crippen LogP contribution in [0, 0.1) is 21.7 Å². The zero-order valence-corrected chi connectivity index (χ0v) is 13.5. The molecule has 0 spiro atoms. The molecule has 24 heavy (non-hydrogen) atoms. The molecule has 2 atom stereocenters. The van der Waals surface area contributed by atoms with Crippen molar-refractivity contribution in [3.63, 3.8) is 0 Å². The van der Waals surface area contributed by atoms with Gasteiger partial charge in [0.15, 0.2) is 11.6 Å². The number of carbonyl (C=O) groups excluding carboxylic acids is 1. The van der Waals surface area contributed by atoms with Crippen LogP contribution in [-0.4, -0.2) is 34.1 Å². The first-order valence-corrected chi connectivity index (χ1v) is 7.35. The van der Waals surface area contributed by atoms with E-state index in [-0.39, 0.29) is 12.1 Å². The number of ether oxygens (including phenoxy) is 1. The fourth-order valence-corrected chi connectivity index (χ4v) is 2.41. The Morgan fingerprint density at radius 3 is 2.54 bits per heavy atom. The van der Waals surface area contributed by atoms with Crippen LogP contribution >= 0.6 is 0 Å². The molecular formula is C16H18F2N2O4. The number of hydrogen-bond donors (Lipinski definition) is 0. The molecular weight excluding hydrogens is 322 g/mol. The maximum atomic E-state index is 13.4. The zero-order chi connectivity index (χ0) is 18.1. The molecule has 1 aliphatic rings. The van der Waals surface area contributed by atoms with Gasteiger partial charge in [-0.2, -0.15) is 0 Å². The van der Waals surface area contributed by atoms with Gasteiger partial charge in [-0.25, -0.2) is 13.6 Å². The van der Waals surface area contributed by atoms with Gasteiger partial charge >= 0.3 is 6.09 Å². The summed E-state index contributed by atoms with van der Waals surface area (Å²) in [6, 6.07) is 1.97. The topological polar surface area (TPSA) is 72.7 Å². The molecule has 0 saturated carbocycles. The Hall–Kier alpha value is -2.51. The molecule has 0 N–H and O–H groups in total. The highest BCUT2D eigenvalue weighted by atomic mass is 19.2. The fraction of sp³-hybridized carbons (Fsp3) is 0.438. The monoisotopic (exact) mass is 340 g/mol. The predicted octanol–water partition coefficient (Wildman–Crippen LogP) is 3.46. The number of nitro groups is 1. The summed E-state index contributed by atoms with van der Waals surface area (Å²) < 4.78 is 31.6. The minimum atomic E-state index is -1.19. The van der Waals surface area contributed by atoms with Crippen molar-refractivity contribution in [2.45, 2.75) is 38.3 Å². The molecule has 0 unspecified atom stereocenters. The Labute approximate surface area is 137 Å². The first kappa shape index (κ1) is 17.8. The SMILES string of the molecule is CC(C)(C)OC(=O)N1C=C[C@H](c2ccc(F)c(F)c2)[C@@H]([N+](=O)[O-])C1. The molecule has 0 fully saturated rings. The lowest BCUT2D eigenvalue weighted by atomic mass is 9.89. The summed E-state index contributed by atoms with van der Waals surface area (Å²) in [6.45, 7) is 4.84. The number of hydrogen-bond acceptors (Lipinski definition) is 4. The van der Waals surface area contributed by atoms with Gasteiger partial charge in [0.05, 0.1) is 12.5 Å². The molecule has 1 aliphatic heterocycles. The number of nitrogens with zero attached hydrogens (tertiary/aromatic N) is 2. The molecule has 6 nitrogen and oxygen atoms in total. The fourth-order valence-electron chi connectivity index (χ4n) is 2.41. The number of halogens is 2. The summed E-state index contributed by atoms with van der Waals surface area (Å²) >= 11 is 0. The summed E-state index contributed by atoms with van der Waals surface area (Å²) in [5, 5.41) is 11.4. The van der Waals surface area contributed by atoms with Crippen LogP contribution in [0.2, 0.25) is 0 Å². The van der Waals surface area contributed by atoms with Crippen LogP contribution in [0.3, 0.4) is 0 Å². The Morgan fingerprint density at radius 2 is 2.00 bits per heavy atom. The third-order valence-corrected chi connectivity index (χ3v) is 3.50. The Bertz CT molecular complexity index is 685. The van der Waals surface area contributed by atoms with Crippen LogP contribution in [0.5, 0.6) is 0 Å². The second kappa shape index (κ2) is 6.54. The largest absolute Gasteiger partial charge is 0.443 e. The molecule has 0 saturated heterocycles. The second-order valence-electron chi connectivity index (χ2n) is 6.53. The molecule has 1 aromatic rings. The van der Waals surface area contributed by atoms with Gasteiger partial charge < -0.3 is 4.74 Å². The number of amides is 1. The molecule has 1 aromatic carbocycles. The first-order chi connectivity index (χ1) is 11.1. The lowest BCUT2D eigenvalue weighted by Crippen LogP contribution is -2.45. The lowest BCUT2D eigenvalue weighted by Gasteiger charge is -2.30. The summed E-state index contributed by atoms with van der Waals surface area (Å²) in [5.74, 6) is -2.86. The standard InChI is InChI=1S/C16H18F2N2O4/c1-16(2,3)24-15(21)19-7-6-11(14(9-19)20(22)23)10-4-5-12(17)13(18)8-10/h4-8,11,14H,9H2,1-3H3/t11-,14+/m1/s1. The highest BCUT2D eigenvalue weighted by Crippen LogP contribution is 2.29. The van der Waals surface area contributed by atoms with Gasteiger partial charge in [-0.3, -0.25) is 15.0 Å². The van der Waals surface area contributed by atoms with Crippen LogP contribution in [0.1, 0.15) is 32.3 Å². The van der Waals surface area contributed by atoms with Gasteiger partial charge in [0.1, 0.15) is 5.60 Å². The van der Waals surface area contributed by atoms with E-state index in [4.69, 9.17) is 4.74 Å².